The fourth-order valence-electron chi connectivity index (χ4n) is 3.57. The molecule has 20 heavy (non-hydrogen) atoms. The van der Waals surface area contributed by atoms with E-state index in [2.05, 4.69) is 49.6 Å². The number of aromatic nitrogens is 3. The van der Waals surface area contributed by atoms with Gasteiger partial charge in [0.25, 0.3) is 0 Å². The summed E-state index contributed by atoms with van der Waals surface area (Å²) in [5, 5.41) is 8.50. The lowest BCUT2D eigenvalue weighted by Crippen LogP contribution is -2.50. The van der Waals surface area contributed by atoms with Gasteiger partial charge in [0.2, 0.25) is 0 Å². The zero-order chi connectivity index (χ0) is 14.8. The van der Waals surface area contributed by atoms with Crippen LogP contribution in [0.1, 0.15) is 71.6 Å². The van der Waals surface area contributed by atoms with E-state index in [9.17, 15) is 0 Å². The molecule has 2 atom stereocenters. The van der Waals surface area contributed by atoms with Crippen LogP contribution in [0.2, 0.25) is 0 Å². The molecule has 0 radical (unpaired) electrons. The molecule has 0 spiro atoms. The molecule has 0 amide bonds. The predicted octanol–water partition coefficient (Wildman–Crippen LogP) is 3.13. The highest BCUT2D eigenvalue weighted by Crippen LogP contribution is 2.41. The van der Waals surface area contributed by atoms with Gasteiger partial charge in [-0.1, -0.05) is 41.0 Å². The van der Waals surface area contributed by atoms with Gasteiger partial charge in [0.1, 0.15) is 5.82 Å². The van der Waals surface area contributed by atoms with Crippen molar-refractivity contribution in [1.29, 1.82) is 0 Å². The van der Waals surface area contributed by atoms with Crippen LogP contribution in [0, 0.1) is 5.41 Å². The molecule has 0 saturated heterocycles. The monoisotopic (exact) mass is 278 g/mol. The van der Waals surface area contributed by atoms with Crippen molar-refractivity contribution in [3.05, 3.63) is 11.6 Å². The Hall–Kier alpha value is -0.900. The summed E-state index contributed by atoms with van der Waals surface area (Å²) in [7, 11) is 0. The van der Waals surface area contributed by atoms with Gasteiger partial charge in [-0.15, -0.1) is 0 Å². The lowest BCUT2D eigenvalue weighted by Gasteiger charge is -2.44. The average Bonchev–Trinajstić information content (AvgIpc) is 2.84. The van der Waals surface area contributed by atoms with Crippen molar-refractivity contribution < 1.29 is 0 Å². The highest BCUT2D eigenvalue weighted by molar-refractivity contribution is 5.02. The van der Waals surface area contributed by atoms with Crippen LogP contribution in [-0.2, 0) is 12.8 Å². The lowest BCUT2D eigenvalue weighted by atomic mass is 9.70. The normalized spacial score (nSPS) is 25.9. The summed E-state index contributed by atoms with van der Waals surface area (Å²) in [5.74, 6) is 2.13. The van der Waals surface area contributed by atoms with E-state index in [1.807, 2.05) is 0 Å². The SMILES string of the molecule is CCNC1C(n2nc(CC)nc2CC)CCCC1(C)C. The second-order valence-electron chi connectivity index (χ2n) is 6.58. The molecule has 4 heteroatoms. The first-order valence-corrected chi connectivity index (χ1v) is 8.21. The van der Waals surface area contributed by atoms with Gasteiger partial charge < -0.3 is 5.32 Å². The highest BCUT2D eigenvalue weighted by Gasteiger charge is 2.40. The van der Waals surface area contributed by atoms with Crippen LogP contribution in [0.4, 0.5) is 0 Å². The number of rotatable bonds is 5. The Morgan fingerprint density at radius 1 is 1.25 bits per heavy atom. The molecule has 114 valence electrons. The van der Waals surface area contributed by atoms with E-state index >= 15 is 0 Å². The summed E-state index contributed by atoms with van der Waals surface area (Å²) in [5.41, 5.74) is 0.322. The predicted molar refractivity (Wildman–Crippen MR) is 82.9 cm³/mol. The molecule has 0 aromatic carbocycles. The Balaban J connectivity index is 2.35. The molecule has 1 fully saturated rings. The first-order valence-electron chi connectivity index (χ1n) is 8.21. The van der Waals surface area contributed by atoms with Gasteiger partial charge in [-0.2, -0.15) is 5.10 Å². The fraction of sp³-hybridized carbons (Fsp3) is 0.875. The summed E-state index contributed by atoms with van der Waals surface area (Å²) in [4.78, 5) is 4.69. The molecule has 2 rings (SSSR count). The molecule has 1 aliphatic rings. The fourth-order valence-corrected chi connectivity index (χ4v) is 3.57. The van der Waals surface area contributed by atoms with Gasteiger partial charge in [0.15, 0.2) is 5.82 Å². The van der Waals surface area contributed by atoms with Gasteiger partial charge >= 0.3 is 0 Å². The molecule has 1 heterocycles. The van der Waals surface area contributed by atoms with E-state index in [4.69, 9.17) is 5.10 Å². The standard InChI is InChI=1S/C16H30N4/c1-6-13-18-14(7-2)20(19-13)12-10-9-11-16(4,5)15(12)17-8-3/h12,15,17H,6-11H2,1-5H3. The molecule has 4 nitrogen and oxygen atoms in total. The van der Waals surface area contributed by atoms with Crippen molar-refractivity contribution in [2.45, 2.75) is 78.8 Å². The Kier molecular flexibility index (Phi) is 4.84. The van der Waals surface area contributed by atoms with Gasteiger partial charge in [-0.3, -0.25) is 0 Å². The molecule has 0 bridgehead atoms. The third-order valence-electron chi connectivity index (χ3n) is 4.66. The zero-order valence-corrected chi connectivity index (χ0v) is 13.7. The average molecular weight is 278 g/mol. The first-order chi connectivity index (χ1) is 9.53. The number of nitrogens with zero attached hydrogens (tertiary/aromatic N) is 3. The van der Waals surface area contributed by atoms with E-state index in [0.717, 1.165) is 31.0 Å². The molecule has 0 aliphatic heterocycles. The first kappa shape index (κ1) is 15.5. The van der Waals surface area contributed by atoms with Crippen molar-refractivity contribution in [1.82, 2.24) is 20.1 Å². The second-order valence-corrected chi connectivity index (χ2v) is 6.58. The Bertz CT molecular complexity index is 436. The third-order valence-corrected chi connectivity index (χ3v) is 4.66. The highest BCUT2D eigenvalue weighted by atomic mass is 15.4. The van der Waals surface area contributed by atoms with Gasteiger partial charge in [-0.25, -0.2) is 9.67 Å². The number of aryl methyl sites for hydroxylation is 2. The third kappa shape index (κ3) is 2.90. The van der Waals surface area contributed by atoms with Crippen LogP contribution in [0.25, 0.3) is 0 Å². The summed E-state index contributed by atoms with van der Waals surface area (Å²) >= 11 is 0. The minimum atomic E-state index is 0.322. The van der Waals surface area contributed by atoms with Crippen LogP contribution in [0.3, 0.4) is 0 Å². The summed E-state index contributed by atoms with van der Waals surface area (Å²) in [6, 6.07) is 0.930. The maximum absolute atomic E-state index is 4.79. The molecule has 1 saturated carbocycles. The van der Waals surface area contributed by atoms with Gasteiger partial charge in [0.05, 0.1) is 6.04 Å². The smallest absolute Gasteiger partial charge is 0.150 e. The second kappa shape index (κ2) is 6.25. The number of nitrogens with one attached hydrogen (secondary N) is 1. The van der Waals surface area contributed by atoms with E-state index < -0.39 is 0 Å². The summed E-state index contributed by atoms with van der Waals surface area (Å²) < 4.78 is 2.23. The van der Waals surface area contributed by atoms with Gasteiger partial charge in [-0.05, 0) is 24.8 Å². The quantitative estimate of drug-likeness (QED) is 0.900. The van der Waals surface area contributed by atoms with E-state index in [-0.39, 0.29) is 0 Å². The van der Waals surface area contributed by atoms with Crippen molar-refractivity contribution in [3.63, 3.8) is 0 Å². The van der Waals surface area contributed by atoms with E-state index in [1.54, 1.807) is 0 Å². The maximum Gasteiger partial charge on any atom is 0.150 e. The van der Waals surface area contributed by atoms with Crippen LogP contribution in [0.5, 0.6) is 0 Å². The summed E-state index contributed by atoms with van der Waals surface area (Å²) in [6.07, 6.45) is 5.66. The molecule has 1 aromatic heterocycles. The Labute approximate surface area is 123 Å². The van der Waals surface area contributed by atoms with Crippen LogP contribution < -0.4 is 5.32 Å². The Morgan fingerprint density at radius 2 is 2.00 bits per heavy atom. The van der Waals surface area contributed by atoms with Gasteiger partial charge in [0, 0.05) is 18.9 Å². The topological polar surface area (TPSA) is 42.7 Å². The molecular weight excluding hydrogens is 248 g/mol. The van der Waals surface area contributed by atoms with Crippen molar-refractivity contribution in [3.8, 4) is 0 Å². The molecule has 2 unspecified atom stereocenters. The number of hydrogen-bond acceptors (Lipinski definition) is 3. The maximum atomic E-state index is 4.79. The van der Waals surface area contributed by atoms with Crippen molar-refractivity contribution in [2.24, 2.45) is 5.41 Å². The lowest BCUT2D eigenvalue weighted by molar-refractivity contribution is 0.105. The number of likely N-dealkylation sites (N-methyl/N-ethyl adjacent to an activating group) is 1. The van der Waals surface area contributed by atoms with E-state index in [0.29, 0.717) is 17.5 Å². The minimum absolute atomic E-state index is 0.322. The molecular formula is C16H30N4. The minimum Gasteiger partial charge on any atom is -0.312 e. The van der Waals surface area contributed by atoms with E-state index in [1.165, 1.54) is 19.3 Å². The summed E-state index contributed by atoms with van der Waals surface area (Å²) in [6.45, 7) is 12.3. The van der Waals surface area contributed by atoms with Crippen LogP contribution >= 0.6 is 0 Å². The Morgan fingerprint density at radius 3 is 2.60 bits per heavy atom. The molecule has 1 N–H and O–H groups in total. The van der Waals surface area contributed by atoms with Crippen molar-refractivity contribution >= 4 is 0 Å². The molecule has 1 aromatic rings. The zero-order valence-electron chi connectivity index (χ0n) is 13.7. The molecule has 1 aliphatic carbocycles. The van der Waals surface area contributed by atoms with Crippen molar-refractivity contribution in [2.75, 3.05) is 6.54 Å². The number of hydrogen-bond donors (Lipinski definition) is 1. The largest absolute Gasteiger partial charge is 0.312 e. The van der Waals surface area contributed by atoms with Crippen LogP contribution in [0.15, 0.2) is 0 Å². The van der Waals surface area contributed by atoms with Crippen LogP contribution in [-0.4, -0.2) is 27.4 Å².